The maximum absolute atomic E-state index is 12.2. The van der Waals surface area contributed by atoms with Crippen molar-refractivity contribution in [3.05, 3.63) is 75.8 Å². The summed E-state index contributed by atoms with van der Waals surface area (Å²) in [6.07, 6.45) is 3.81. The molecule has 8 nitrogen and oxygen atoms in total. The van der Waals surface area contributed by atoms with Crippen molar-refractivity contribution in [1.82, 2.24) is 4.98 Å². The summed E-state index contributed by atoms with van der Waals surface area (Å²) in [6.45, 7) is 3.67. The average Bonchev–Trinajstić information content (AvgIpc) is 3.44. The predicted molar refractivity (Wildman–Crippen MR) is 125 cm³/mol. The molecule has 0 radical (unpaired) electrons. The molecule has 0 aliphatic heterocycles. The van der Waals surface area contributed by atoms with Crippen LogP contribution in [0.4, 0.5) is 10.8 Å². The van der Waals surface area contributed by atoms with Gasteiger partial charge in [-0.25, -0.2) is 9.78 Å². The van der Waals surface area contributed by atoms with Gasteiger partial charge in [-0.1, -0.05) is 35.6 Å². The standard InChI is InChI=1S/C15H15N3O3S.C8H9NO/c1-8-2-3-9(14(20)21)6-11(8)18-13(19)12-7-16-15(22-12)17-10-4-5-10;1-6-4-2-3-5-7(6)8(9)10/h2-3,6-7,10H,4-5H2,1H3,(H,16,17)(H,18,19)(H,20,21);2-5H,1H3,(H2,9,10). The number of nitrogens with one attached hydrogen (secondary N) is 2. The van der Waals surface area contributed by atoms with Gasteiger partial charge < -0.3 is 21.5 Å². The Hall–Kier alpha value is -3.72. The van der Waals surface area contributed by atoms with Gasteiger partial charge in [0.2, 0.25) is 5.91 Å². The van der Waals surface area contributed by atoms with Crippen LogP contribution in [0.25, 0.3) is 0 Å². The van der Waals surface area contributed by atoms with E-state index in [9.17, 15) is 14.4 Å². The lowest BCUT2D eigenvalue weighted by Gasteiger charge is -2.08. The first-order chi connectivity index (χ1) is 15.2. The van der Waals surface area contributed by atoms with Gasteiger partial charge in [-0.2, -0.15) is 0 Å². The maximum atomic E-state index is 12.2. The zero-order chi connectivity index (χ0) is 23.3. The van der Waals surface area contributed by atoms with Crippen LogP contribution >= 0.6 is 11.3 Å². The Bertz CT molecular complexity index is 1150. The van der Waals surface area contributed by atoms with E-state index < -0.39 is 5.97 Å². The molecule has 1 aliphatic carbocycles. The number of aromatic nitrogens is 1. The largest absolute Gasteiger partial charge is 0.478 e. The van der Waals surface area contributed by atoms with Crippen molar-refractivity contribution in [3.63, 3.8) is 0 Å². The summed E-state index contributed by atoms with van der Waals surface area (Å²) in [5.74, 6) is -1.67. The number of anilines is 2. The summed E-state index contributed by atoms with van der Waals surface area (Å²) in [4.78, 5) is 38.6. The van der Waals surface area contributed by atoms with Gasteiger partial charge in [-0.05, 0) is 56.0 Å². The van der Waals surface area contributed by atoms with Crippen LogP contribution in [0.1, 0.15) is 54.4 Å². The molecule has 1 aliphatic rings. The first kappa shape index (κ1) is 23.0. The number of aryl methyl sites for hydroxylation is 2. The van der Waals surface area contributed by atoms with Crippen LogP contribution in [-0.4, -0.2) is 33.9 Å². The van der Waals surface area contributed by atoms with Crippen molar-refractivity contribution in [2.24, 2.45) is 5.73 Å². The Balaban J connectivity index is 0.000000243. The highest BCUT2D eigenvalue weighted by molar-refractivity contribution is 7.17. The minimum Gasteiger partial charge on any atom is -0.478 e. The smallest absolute Gasteiger partial charge is 0.335 e. The first-order valence-electron chi connectivity index (χ1n) is 9.97. The van der Waals surface area contributed by atoms with E-state index in [-0.39, 0.29) is 17.4 Å². The zero-order valence-electron chi connectivity index (χ0n) is 17.7. The lowest BCUT2D eigenvalue weighted by atomic mass is 10.1. The third kappa shape index (κ3) is 6.14. The Kier molecular flexibility index (Phi) is 7.21. The number of nitrogens with zero attached hydrogens (tertiary/aromatic N) is 1. The van der Waals surface area contributed by atoms with Gasteiger partial charge >= 0.3 is 5.97 Å². The van der Waals surface area contributed by atoms with E-state index in [1.807, 2.05) is 26.0 Å². The highest BCUT2D eigenvalue weighted by Crippen LogP contribution is 2.28. The molecule has 0 atom stereocenters. The van der Waals surface area contributed by atoms with Crippen molar-refractivity contribution >= 4 is 39.9 Å². The van der Waals surface area contributed by atoms with Crippen LogP contribution < -0.4 is 16.4 Å². The van der Waals surface area contributed by atoms with E-state index in [4.69, 9.17) is 10.8 Å². The molecule has 0 saturated heterocycles. The van der Waals surface area contributed by atoms with Crippen LogP contribution in [0.5, 0.6) is 0 Å². The molecule has 1 heterocycles. The number of carboxylic acids is 1. The SMILES string of the molecule is Cc1ccc(C(=O)O)cc1NC(=O)c1cnc(NC2CC2)s1.Cc1ccccc1C(N)=O. The highest BCUT2D eigenvalue weighted by atomic mass is 32.1. The molecule has 5 N–H and O–H groups in total. The van der Waals surface area contributed by atoms with Gasteiger partial charge in [0.1, 0.15) is 4.88 Å². The van der Waals surface area contributed by atoms with Crippen LogP contribution in [0.15, 0.2) is 48.7 Å². The molecule has 1 saturated carbocycles. The summed E-state index contributed by atoms with van der Waals surface area (Å²) >= 11 is 1.29. The fourth-order valence-corrected chi connectivity index (χ4v) is 3.56. The number of hydrogen-bond acceptors (Lipinski definition) is 6. The molecule has 2 aromatic carbocycles. The number of carbonyl (C=O) groups excluding carboxylic acids is 2. The molecule has 9 heteroatoms. The van der Waals surface area contributed by atoms with E-state index in [0.717, 1.165) is 29.1 Å². The van der Waals surface area contributed by atoms with E-state index in [2.05, 4.69) is 15.6 Å². The lowest BCUT2D eigenvalue weighted by molar-refractivity contribution is 0.0696. The molecule has 3 aromatic rings. The van der Waals surface area contributed by atoms with E-state index in [1.54, 1.807) is 18.2 Å². The van der Waals surface area contributed by atoms with E-state index in [1.165, 1.54) is 29.7 Å². The van der Waals surface area contributed by atoms with Gasteiger partial charge in [-0.3, -0.25) is 9.59 Å². The molecule has 0 bridgehead atoms. The maximum Gasteiger partial charge on any atom is 0.335 e. The van der Waals surface area contributed by atoms with Crippen molar-refractivity contribution in [1.29, 1.82) is 0 Å². The average molecular weight is 453 g/mol. The first-order valence-corrected chi connectivity index (χ1v) is 10.8. The van der Waals surface area contributed by atoms with Crippen molar-refractivity contribution in [3.8, 4) is 0 Å². The molecule has 0 spiro atoms. The summed E-state index contributed by atoms with van der Waals surface area (Å²) < 4.78 is 0. The number of rotatable bonds is 6. The lowest BCUT2D eigenvalue weighted by Crippen LogP contribution is -2.12. The van der Waals surface area contributed by atoms with Crippen molar-refractivity contribution < 1.29 is 19.5 Å². The fraction of sp³-hybridized carbons (Fsp3) is 0.217. The number of carbonyl (C=O) groups is 3. The number of nitrogens with two attached hydrogens (primary N) is 1. The summed E-state index contributed by atoms with van der Waals surface area (Å²) in [6, 6.07) is 12.4. The second-order valence-corrected chi connectivity index (χ2v) is 8.45. The summed E-state index contributed by atoms with van der Waals surface area (Å²) in [7, 11) is 0. The Morgan fingerprint density at radius 3 is 2.41 bits per heavy atom. The Morgan fingerprint density at radius 1 is 1.09 bits per heavy atom. The van der Waals surface area contributed by atoms with Gasteiger partial charge in [0.05, 0.1) is 11.8 Å². The molecule has 0 unspecified atom stereocenters. The number of thiazole rings is 1. The molecule has 32 heavy (non-hydrogen) atoms. The van der Waals surface area contributed by atoms with Crippen molar-refractivity contribution in [2.45, 2.75) is 32.7 Å². The fourth-order valence-electron chi connectivity index (χ4n) is 2.77. The third-order valence-corrected chi connectivity index (χ3v) is 5.71. The number of primary amides is 1. The number of aromatic carboxylic acids is 1. The summed E-state index contributed by atoms with van der Waals surface area (Å²) in [5.41, 5.74) is 8.04. The number of amides is 2. The number of carboxylic acid groups (broad SMARTS) is 1. The normalized spacial score (nSPS) is 12.3. The molecule has 4 rings (SSSR count). The molecular weight excluding hydrogens is 428 g/mol. The zero-order valence-corrected chi connectivity index (χ0v) is 18.5. The molecule has 1 fully saturated rings. The monoisotopic (exact) mass is 452 g/mol. The Labute approximate surface area is 189 Å². The van der Waals surface area contributed by atoms with Gasteiger partial charge in [-0.15, -0.1) is 0 Å². The summed E-state index contributed by atoms with van der Waals surface area (Å²) in [5, 5.41) is 15.7. The van der Waals surface area contributed by atoms with Gasteiger partial charge in [0, 0.05) is 17.3 Å². The van der Waals surface area contributed by atoms with Crippen LogP contribution in [0.2, 0.25) is 0 Å². The Morgan fingerprint density at radius 2 is 1.81 bits per heavy atom. The molecule has 2 amide bonds. The van der Waals surface area contributed by atoms with Crippen molar-refractivity contribution in [2.75, 3.05) is 10.6 Å². The minimum atomic E-state index is -1.02. The quantitative estimate of drug-likeness (QED) is 0.445. The third-order valence-electron chi connectivity index (χ3n) is 4.78. The van der Waals surface area contributed by atoms with Crippen LogP contribution in [0, 0.1) is 13.8 Å². The topological polar surface area (TPSA) is 134 Å². The highest BCUT2D eigenvalue weighted by Gasteiger charge is 2.22. The second kappa shape index (κ2) is 10.1. The number of benzene rings is 2. The molecule has 166 valence electrons. The predicted octanol–water partition coefficient (Wildman–Crippen LogP) is 4.07. The molecular formula is C23H24N4O4S. The van der Waals surface area contributed by atoms with E-state index in [0.29, 0.717) is 22.2 Å². The molecule has 1 aromatic heterocycles. The van der Waals surface area contributed by atoms with Crippen LogP contribution in [0.3, 0.4) is 0 Å². The van der Waals surface area contributed by atoms with Gasteiger partial charge in [0.25, 0.3) is 5.91 Å². The number of hydrogen-bond donors (Lipinski definition) is 4. The van der Waals surface area contributed by atoms with Gasteiger partial charge in [0.15, 0.2) is 5.13 Å². The van der Waals surface area contributed by atoms with E-state index >= 15 is 0 Å². The van der Waals surface area contributed by atoms with Crippen LogP contribution in [-0.2, 0) is 0 Å². The minimum absolute atomic E-state index is 0.140. The second-order valence-electron chi connectivity index (χ2n) is 7.42.